The van der Waals surface area contributed by atoms with Crippen molar-refractivity contribution in [2.75, 3.05) is 6.61 Å². The molecule has 0 aliphatic rings. The topological polar surface area (TPSA) is 69.0 Å². The zero-order chi connectivity index (χ0) is 12.2. The standard InChI is InChI=1S/C7H9Cl3N4O2/c1-2-16-6(15)13-5(7(8,9)10)14-4-11-3-12-14/h3-5H,2H2,1H3,(H,13,15). The highest BCUT2D eigenvalue weighted by atomic mass is 35.6. The van der Waals surface area contributed by atoms with Crippen molar-refractivity contribution in [3.8, 4) is 0 Å². The molecule has 1 atom stereocenters. The number of carbonyl (C=O) groups excluding carboxylic acids is 1. The Morgan fingerprint density at radius 1 is 1.62 bits per heavy atom. The van der Waals surface area contributed by atoms with E-state index in [1.807, 2.05) is 0 Å². The van der Waals surface area contributed by atoms with Gasteiger partial charge < -0.3 is 4.74 Å². The summed E-state index contributed by atoms with van der Waals surface area (Å²) in [6.07, 6.45) is 0.892. The van der Waals surface area contributed by atoms with Gasteiger partial charge in [-0.2, -0.15) is 5.10 Å². The molecular formula is C7H9Cl3N4O2. The normalized spacial score (nSPS) is 13.2. The molecule has 0 spiro atoms. The van der Waals surface area contributed by atoms with Gasteiger partial charge in [-0.3, -0.25) is 5.32 Å². The van der Waals surface area contributed by atoms with E-state index in [-0.39, 0.29) is 6.61 Å². The SMILES string of the molecule is CCOC(=O)NC(n1cncn1)C(Cl)(Cl)Cl. The van der Waals surface area contributed by atoms with Crippen LogP contribution in [0.2, 0.25) is 0 Å². The number of amides is 1. The van der Waals surface area contributed by atoms with Gasteiger partial charge in [0.15, 0.2) is 6.17 Å². The van der Waals surface area contributed by atoms with Crippen LogP contribution in [0.25, 0.3) is 0 Å². The zero-order valence-corrected chi connectivity index (χ0v) is 10.5. The molecule has 0 aliphatic heterocycles. The van der Waals surface area contributed by atoms with Crippen LogP contribution >= 0.6 is 34.8 Å². The summed E-state index contributed by atoms with van der Waals surface area (Å²) in [5.41, 5.74) is 0. The number of nitrogens with one attached hydrogen (secondary N) is 1. The molecule has 1 unspecified atom stereocenters. The number of alkyl carbamates (subject to hydrolysis) is 1. The van der Waals surface area contributed by atoms with E-state index in [2.05, 4.69) is 20.1 Å². The Bertz CT molecular complexity index is 338. The lowest BCUT2D eigenvalue weighted by atomic mass is 10.5. The number of carbonyl (C=O) groups is 1. The number of nitrogens with zero attached hydrogens (tertiary/aromatic N) is 3. The monoisotopic (exact) mass is 286 g/mol. The van der Waals surface area contributed by atoms with Crippen molar-refractivity contribution in [3.05, 3.63) is 12.7 Å². The molecule has 0 fully saturated rings. The second-order valence-electron chi connectivity index (χ2n) is 2.68. The Hall–Kier alpha value is -0.720. The zero-order valence-electron chi connectivity index (χ0n) is 8.23. The Balaban J connectivity index is 2.78. The summed E-state index contributed by atoms with van der Waals surface area (Å²) in [4.78, 5) is 14.9. The summed E-state index contributed by atoms with van der Waals surface area (Å²) >= 11 is 17.1. The van der Waals surface area contributed by atoms with Gasteiger partial charge in [0.25, 0.3) is 0 Å². The number of hydrogen-bond acceptors (Lipinski definition) is 4. The van der Waals surface area contributed by atoms with E-state index in [9.17, 15) is 4.79 Å². The summed E-state index contributed by atoms with van der Waals surface area (Å²) in [6, 6.07) is 0. The molecular weight excluding hydrogens is 278 g/mol. The first-order chi connectivity index (χ1) is 7.45. The van der Waals surface area contributed by atoms with Crippen LogP contribution in [0.15, 0.2) is 12.7 Å². The van der Waals surface area contributed by atoms with Gasteiger partial charge in [-0.15, -0.1) is 0 Å². The van der Waals surface area contributed by atoms with Crippen LogP contribution in [-0.2, 0) is 4.74 Å². The molecule has 0 aromatic carbocycles. The van der Waals surface area contributed by atoms with Crippen molar-refractivity contribution >= 4 is 40.9 Å². The van der Waals surface area contributed by atoms with Crippen LogP contribution in [0.3, 0.4) is 0 Å². The van der Waals surface area contributed by atoms with Gasteiger partial charge >= 0.3 is 6.09 Å². The van der Waals surface area contributed by atoms with Crippen LogP contribution in [0.4, 0.5) is 4.79 Å². The third-order valence-electron chi connectivity index (χ3n) is 1.54. The van der Waals surface area contributed by atoms with E-state index in [4.69, 9.17) is 34.8 Å². The lowest BCUT2D eigenvalue weighted by molar-refractivity contribution is 0.142. The molecule has 1 heterocycles. The fourth-order valence-electron chi connectivity index (χ4n) is 0.933. The predicted molar refractivity (Wildman–Crippen MR) is 59.5 cm³/mol. The van der Waals surface area contributed by atoms with Crippen LogP contribution in [-0.4, -0.2) is 31.3 Å². The summed E-state index contributed by atoms with van der Waals surface area (Å²) < 4.78 is 4.13. The fourth-order valence-corrected chi connectivity index (χ4v) is 1.40. The summed E-state index contributed by atoms with van der Waals surface area (Å²) in [5, 5.41) is 6.14. The molecule has 1 aromatic heterocycles. The molecule has 90 valence electrons. The third kappa shape index (κ3) is 3.70. The second kappa shape index (κ2) is 5.56. The third-order valence-corrected chi connectivity index (χ3v) is 2.16. The van der Waals surface area contributed by atoms with E-state index < -0.39 is 16.1 Å². The molecule has 0 saturated heterocycles. The molecule has 16 heavy (non-hydrogen) atoms. The van der Waals surface area contributed by atoms with Gasteiger partial charge in [-0.05, 0) is 6.92 Å². The summed E-state index contributed by atoms with van der Waals surface area (Å²) in [7, 11) is 0. The minimum absolute atomic E-state index is 0.218. The van der Waals surface area contributed by atoms with Gasteiger partial charge in [0.2, 0.25) is 3.79 Å². The van der Waals surface area contributed by atoms with Gasteiger partial charge in [-0.1, -0.05) is 34.8 Å². The van der Waals surface area contributed by atoms with Crippen molar-refractivity contribution in [2.45, 2.75) is 16.9 Å². The van der Waals surface area contributed by atoms with E-state index in [0.29, 0.717) is 0 Å². The van der Waals surface area contributed by atoms with Gasteiger partial charge in [0.1, 0.15) is 12.7 Å². The van der Waals surface area contributed by atoms with Crippen LogP contribution in [0, 0.1) is 0 Å². The Kier molecular flexibility index (Phi) is 4.64. The quantitative estimate of drug-likeness (QED) is 0.862. The summed E-state index contributed by atoms with van der Waals surface area (Å²) in [6.45, 7) is 1.88. The van der Waals surface area contributed by atoms with Gasteiger partial charge in [0.05, 0.1) is 6.61 Å². The predicted octanol–water partition coefficient (Wildman–Crippen LogP) is 1.89. The van der Waals surface area contributed by atoms with Crippen LogP contribution in [0.1, 0.15) is 13.1 Å². The Morgan fingerprint density at radius 3 is 2.75 bits per heavy atom. The largest absolute Gasteiger partial charge is 0.450 e. The molecule has 1 amide bonds. The molecule has 1 aromatic rings. The van der Waals surface area contributed by atoms with E-state index in [0.717, 1.165) is 0 Å². The van der Waals surface area contributed by atoms with E-state index >= 15 is 0 Å². The van der Waals surface area contributed by atoms with Crippen molar-refractivity contribution < 1.29 is 9.53 Å². The molecule has 1 rings (SSSR count). The maximum absolute atomic E-state index is 11.2. The van der Waals surface area contributed by atoms with Crippen molar-refractivity contribution in [1.82, 2.24) is 20.1 Å². The lowest BCUT2D eigenvalue weighted by Gasteiger charge is -2.24. The molecule has 1 N–H and O–H groups in total. The average molecular weight is 288 g/mol. The second-order valence-corrected chi connectivity index (χ2v) is 5.05. The first-order valence-electron chi connectivity index (χ1n) is 4.29. The fraction of sp³-hybridized carbons (Fsp3) is 0.571. The van der Waals surface area contributed by atoms with Crippen LogP contribution in [0.5, 0.6) is 0 Å². The summed E-state index contributed by atoms with van der Waals surface area (Å²) in [5.74, 6) is 0. The number of aromatic nitrogens is 3. The Morgan fingerprint density at radius 2 is 2.31 bits per heavy atom. The van der Waals surface area contributed by atoms with Crippen molar-refractivity contribution in [2.24, 2.45) is 0 Å². The van der Waals surface area contributed by atoms with Crippen molar-refractivity contribution in [1.29, 1.82) is 0 Å². The number of ether oxygens (including phenoxy) is 1. The molecule has 6 nitrogen and oxygen atoms in total. The molecule has 0 radical (unpaired) electrons. The smallest absolute Gasteiger partial charge is 0.408 e. The maximum atomic E-state index is 11.2. The Labute approximate surface area is 107 Å². The highest BCUT2D eigenvalue weighted by Gasteiger charge is 2.36. The number of hydrogen-bond donors (Lipinski definition) is 1. The first kappa shape index (κ1) is 13.3. The number of alkyl halides is 3. The molecule has 9 heteroatoms. The number of halogens is 3. The highest BCUT2D eigenvalue weighted by Crippen LogP contribution is 2.36. The highest BCUT2D eigenvalue weighted by molar-refractivity contribution is 6.67. The van der Waals surface area contributed by atoms with Gasteiger partial charge in [-0.25, -0.2) is 14.5 Å². The number of rotatable bonds is 3. The molecule has 0 bridgehead atoms. The van der Waals surface area contributed by atoms with Gasteiger partial charge in [0, 0.05) is 0 Å². The van der Waals surface area contributed by atoms with Crippen molar-refractivity contribution in [3.63, 3.8) is 0 Å². The van der Waals surface area contributed by atoms with E-state index in [1.165, 1.54) is 17.3 Å². The first-order valence-corrected chi connectivity index (χ1v) is 5.42. The minimum Gasteiger partial charge on any atom is -0.450 e. The maximum Gasteiger partial charge on any atom is 0.408 e. The lowest BCUT2D eigenvalue weighted by Crippen LogP contribution is -2.40. The van der Waals surface area contributed by atoms with Crippen LogP contribution < -0.4 is 5.32 Å². The molecule has 0 aliphatic carbocycles. The molecule has 0 saturated carbocycles. The average Bonchev–Trinajstić information content (AvgIpc) is 2.65. The minimum atomic E-state index is -1.76. The van der Waals surface area contributed by atoms with E-state index in [1.54, 1.807) is 6.92 Å².